The lowest BCUT2D eigenvalue weighted by Gasteiger charge is -2.22. The second kappa shape index (κ2) is 10.4. The Hall–Kier alpha value is -1.58. The van der Waals surface area contributed by atoms with E-state index in [1.165, 1.54) is 0 Å². The molecule has 0 N–H and O–H groups in total. The Bertz CT molecular complexity index is 279. The Morgan fingerprint density at radius 3 is 1.58 bits per heavy atom. The minimum absolute atomic E-state index is 0.246. The van der Waals surface area contributed by atoms with Crippen LogP contribution in [0.15, 0.2) is 25.3 Å². The highest BCUT2D eigenvalue weighted by molar-refractivity contribution is 5.81. The zero-order chi connectivity index (χ0) is 14.7. The van der Waals surface area contributed by atoms with Gasteiger partial charge in [-0.25, -0.2) is 9.59 Å². The smallest absolute Gasteiger partial charge is 0.330 e. The van der Waals surface area contributed by atoms with Gasteiger partial charge in [-0.2, -0.15) is 0 Å². The average Bonchev–Trinajstić information content (AvgIpc) is 2.38. The summed E-state index contributed by atoms with van der Waals surface area (Å²) in [5.41, 5.74) is 0. The van der Waals surface area contributed by atoms with Crippen molar-refractivity contribution in [3.8, 4) is 0 Å². The number of hydrogen-bond donors (Lipinski definition) is 0. The lowest BCUT2D eigenvalue weighted by atomic mass is 10.0. The van der Waals surface area contributed by atoms with E-state index in [4.69, 9.17) is 9.47 Å². The highest BCUT2D eigenvalue weighted by atomic mass is 16.6. The topological polar surface area (TPSA) is 52.6 Å². The van der Waals surface area contributed by atoms with Crippen molar-refractivity contribution in [1.82, 2.24) is 0 Å². The maximum atomic E-state index is 11.3. The summed E-state index contributed by atoms with van der Waals surface area (Å²) >= 11 is 0. The van der Waals surface area contributed by atoms with Crippen LogP contribution in [-0.2, 0) is 19.1 Å². The van der Waals surface area contributed by atoms with E-state index in [9.17, 15) is 9.59 Å². The number of esters is 2. The molecule has 0 aliphatic heterocycles. The van der Waals surface area contributed by atoms with Crippen LogP contribution in [0, 0.1) is 0 Å². The second-order valence-corrected chi connectivity index (χ2v) is 4.34. The monoisotopic (exact) mass is 268 g/mol. The molecule has 0 rings (SSSR count). The van der Waals surface area contributed by atoms with E-state index >= 15 is 0 Å². The first-order valence-corrected chi connectivity index (χ1v) is 6.73. The Labute approximate surface area is 115 Å². The van der Waals surface area contributed by atoms with Crippen LogP contribution in [0.2, 0.25) is 0 Å². The molecule has 0 spiro atoms. The molecular formula is C15H24O4. The van der Waals surface area contributed by atoms with Gasteiger partial charge in [0.1, 0.15) is 12.2 Å². The van der Waals surface area contributed by atoms with E-state index in [0.717, 1.165) is 37.8 Å². The van der Waals surface area contributed by atoms with Crippen LogP contribution in [0.3, 0.4) is 0 Å². The van der Waals surface area contributed by atoms with Gasteiger partial charge in [0.25, 0.3) is 0 Å². The highest BCUT2D eigenvalue weighted by Gasteiger charge is 2.20. The summed E-state index contributed by atoms with van der Waals surface area (Å²) in [6.07, 6.45) is 5.58. The predicted octanol–water partition coefficient (Wildman–Crippen LogP) is 3.17. The van der Waals surface area contributed by atoms with Crippen LogP contribution >= 0.6 is 0 Å². The van der Waals surface area contributed by atoms with Crippen LogP contribution in [-0.4, -0.2) is 24.1 Å². The molecule has 0 aromatic rings. The van der Waals surface area contributed by atoms with Crippen molar-refractivity contribution in [2.45, 2.75) is 58.2 Å². The lowest BCUT2D eigenvalue weighted by Crippen LogP contribution is -2.26. The van der Waals surface area contributed by atoms with E-state index in [1.807, 2.05) is 13.8 Å². The van der Waals surface area contributed by atoms with Crippen LogP contribution in [0.4, 0.5) is 0 Å². The highest BCUT2D eigenvalue weighted by Crippen LogP contribution is 2.16. The first-order valence-electron chi connectivity index (χ1n) is 6.73. The van der Waals surface area contributed by atoms with E-state index in [-0.39, 0.29) is 12.2 Å². The Kier molecular flexibility index (Phi) is 9.49. The maximum Gasteiger partial charge on any atom is 0.330 e. The van der Waals surface area contributed by atoms with Gasteiger partial charge in [0.15, 0.2) is 0 Å². The molecule has 108 valence electrons. The van der Waals surface area contributed by atoms with Gasteiger partial charge in [-0.1, -0.05) is 39.8 Å². The standard InChI is InChI=1S/C15H24O4/c1-5-9-12(18-14(16)7-3)11-13(10-6-2)19-15(17)8-4/h7-8,12-13H,3-6,9-11H2,1-2H3. The molecule has 4 nitrogen and oxygen atoms in total. The van der Waals surface area contributed by atoms with Gasteiger partial charge < -0.3 is 9.47 Å². The molecule has 0 aliphatic carbocycles. The lowest BCUT2D eigenvalue weighted by molar-refractivity contribution is -0.149. The number of hydrogen-bond acceptors (Lipinski definition) is 4. The Morgan fingerprint density at radius 2 is 1.32 bits per heavy atom. The normalized spacial score (nSPS) is 13.2. The summed E-state index contributed by atoms with van der Waals surface area (Å²) in [6, 6.07) is 0. The van der Waals surface area contributed by atoms with E-state index < -0.39 is 11.9 Å². The summed E-state index contributed by atoms with van der Waals surface area (Å²) in [6.45, 7) is 10.8. The second-order valence-electron chi connectivity index (χ2n) is 4.34. The summed E-state index contributed by atoms with van der Waals surface area (Å²) in [7, 11) is 0. The SMILES string of the molecule is C=CC(=O)OC(CCC)CC(CCC)OC(=O)C=C. The first kappa shape index (κ1) is 17.4. The molecular weight excluding hydrogens is 244 g/mol. The zero-order valence-corrected chi connectivity index (χ0v) is 11.9. The van der Waals surface area contributed by atoms with Crippen LogP contribution in [0.1, 0.15) is 46.0 Å². The Balaban J connectivity index is 4.53. The molecule has 0 saturated carbocycles. The van der Waals surface area contributed by atoms with Gasteiger partial charge in [-0.3, -0.25) is 0 Å². The van der Waals surface area contributed by atoms with Crippen molar-refractivity contribution < 1.29 is 19.1 Å². The third kappa shape index (κ3) is 8.19. The maximum absolute atomic E-state index is 11.3. The largest absolute Gasteiger partial charge is 0.459 e. The number of carbonyl (C=O) groups excluding carboxylic acids is 2. The molecule has 0 fully saturated rings. The van der Waals surface area contributed by atoms with Gasteiger partial charge in [0, 0.05) is 18.6 Å². The van der Waals surface area contributed by atoms with E-state index in [0.29, 0.717) is 6.42 Å². The molecule has 0 bridgehead atoms. The van der Waals surface area contributed by atoms with Gasteiger partial charge in [0.05, 0.1) is 0 Å². The van der Waals surface area contributed by atoms with Crippen LogP contribution in [0.25, 0.3) is 0 Å². The predicted molar refractivity (Wildman–Crippen MR) is 74.6 cm³/mol. The molecule has 4 heteroatoms. The van der Waals surface area contributed by atoms with Crippen LogP contribution in [0.5, 0.6) is 0 Å². The molecule has 2 unspecified atom stereocenters. The summed E-state index contributed by atoms with van der Waals surface area (Å²) in [5, 5.41) is 0. The molecule has 0 aliphatic rings. The van der Waals surface area contributed by atoms with Gasteiger partial charge in [0.2, 0.25) is 0 Å². The molecule has 0 radical (unpaired) electrons. The van der Waals surface area contributed by atoms with Gasteiger partial charge in [-0.15, -0.1) is 0 Å². The molecule has 0 amide bonds. The fourth-order valence-corrected chi connectivity index (χ4v) is 1.81. The van der Waals surface area contributed by atoms with Crippen LogP contribution < -0.4 is 0 Å². The molecule has 2 atom stereocenters. The minimum Gasteiger partial charge on any atom is -0.459 e. The third-order valence-corrected chi connectivity index (χ3v) is 2.65. The van der Waals surface area contributed by atoms with Crippen molar-refractivity contribution in [1.29, 1.82) is 0 Å². The number of ether oxygens (including phenoxy) is 2. The fourth-order valence-electron chi connectivity index (χ4n) is 1.81. The Morgan fingerprint density at radius 1 is 0.947 bits per heavy atom. The molecule has 0 saturated heterocycles. The van der Waals surface area contributed by atoms with Crippen molar-refractivity contribution in [2.75, 3.05) is 0 Å². The molecule has 19 heavy (non-hydrogen) atoms. The van der Waals surface area contributed by atoms with Crippen molar-refractivity contribution in [2.24, 2.45) is 0 Å². The fraction of sp³-hybridized carbons (Fsp3) is 0.600. The summed E-state index contributed by atoms with van der Waals surface area (Å²) < 4.78 is 10.5. The van der Waals surface area contributed by atoms with Crippen molar-refractivity contribution >= 4 is 11.9 Å². The summed E-state index contributed by atoms with van der Waals surface area (Å²) in [5.74, 6) is -0.882. The number of rotatable bonds is 10. The molecule has 0 aromatic carbocycles. The van der Waals surface area contributed by atoms with Crippen molar-refractivity contribution in [3.05, 3.63) is 25.3 Å². The first-order chi connectivity index (χ1) is 9.07. The average molecular weight is 268 g/mol. The zero-order valence-electron chi connectivity index (χ0n) is 11.9. The molecule has 0 aromatic heterocycles. The quantitative estimate of drug-likeness (QED) is 0.451. The minimum atomic E-state index is -0.441. The van der Waals surface area contributed by atoms with E-state index in [2.05, 4.69) is 13.2 Å². The van der Waals surface area contributed by atoms with E-state index in [1.54, 1.807) is 0 Å². The summed E-state index contributed by atoms with van der Waals surface area (Å²) in [4.78, 5) is 22.5. The third-order valence-electron chi connectivity index (χ3n) is 2.65. The molecule has 0 heterocycles. The van der Waals surface area contributed by atoms with Crippen molar-refractivity contribution in [3.63, 3.8) is 0 Å². The number of carbonyl (C=O) groups is 2. The van der Waals surface area contributed by atoms with Gasteiger partial charge in [-0.05, 0) is 12.8 Å². The van der Waals surface area contributed by atoms with Gasteiger partial charge >= 0.3 is 11.9 Å².